The summed E-state index contributed by atoms with van der Waals surface area (Å²) in [5.74, 6) is 0. The lowest BCUT2D eigenvalue weighted by Gasteiger charge is -2.30. The van der Waals surface area contributed by atoms with Crippen LogP contribution in [0.4, 0.5) is 21.0 Å². The van der Waals surface area contributed by atoms with Gasteiger partial charge in [0.1, 0.15) is 6.61 Å². The SMILES string of the molecule is CC(N(C)C(=O)Nc1cccc(N2CCOC2=O)c1)C1(C)CC1. The topological polar surface area (TPSA) is 61.9 Å². The van der Waals surface area contributed by atoms with Crippen LogP contribution in [0.2, 0.25) is 0 Å². The standard InChI is InChI=1S/C17H23N3O3/c1-12(17(2)7-8-17)19(3)15(21)18-13-5-4-6-14(11-13)20-9-10-23-16(20)22/h4-6,11-12H,7-10H2,1-3H3,(H,18,21). The Balaban J connectivity index is 1.68. The van der Waals surface area contributed by atoms with E-state index in [1.807, 2.05) is 25.2 Å². The molecule has 1 N–H and O–H groups in total. The summed E-state index contributed by atoms with van der Waals surface area (Å²) in [5, 5.41) is 2.91. The van der Waals surface area contributed by atoms with Crippen LogP contribution in [0.1, 0.15) is 26.7 Å². The molecule has 1 unspecified atom stereocenters. The molecule has 0 aromatic heterocycles. The Morgan fingerprint density at radius 2 is 2.17 bits per heavy atom. The first kappa shape index (κ1) is 15.6. The van der Waals surface area contributed by atoms with Crippen LogP contribution in [-0.2, 0) is 4.74 Å². The molecule has 1 heterocycles. The highest BCUT2D eigenvalue weighted by atomic mass is 16.6. The predicted octanol–water partition coefficient (Wildman–Crippen LogP) is 3.30. The highest BCUT2D eigenvalue weighted by Crippen LogP contribution is 2.49. The van der Waals surface area contributed by atoms with Crippen molar-refractivity contribution in [3.05, 3.63) is 24.3 Å². The van der Waals surface area contributed by atoms with E-state index in [0.717, 1.165) is 5.69 Å². The maximum Gasteiger partial charge on any atom is 0.414 e. The number of carbonyl (C=O) groups excluding carboxylic acids is 2. The van der Waals surface area contributed by atoms with Crippen LogP contribution in [0.15, 0.2) is 24.3 Å². The molecule has 0 spiro atoms. The molecule has 1 aliphatic heterocycles. The number of amides is 3. The van der Waals surface area contributed by atoms with E-state index in [9.17, 15) is 9.59 Å². The van der Waals surface area contributed by atoms with Crippen molar-refractivity contribution < 1.29 is 14.3 Å². The maximum absolute atomic E-state index is 12.4. The van der Waals surface area contributed by atoms with Crippen molar-refractivity contribution in [2.24, 2.45) is 5.41 Å². The zero-order valence-corrected chi connectivity index (χ0v) is 13.8. The van der Waals surface area contributed by atoms with Crippen molar-refractivity contribution in [1.82, 2.24) is 4.90 Å². The second kappa shape index (κ2) is 5.76. The number of benzene rings is 1. The first-order valence-electron chi connectivity index (χ1n) is 7.99. The summed E-state index contributed by atoms with van der Waals surface area (Å²) in [4.78, 5) is 27.4. The first-order valence-corrected chi connectivity index (χ1v) is 7.99. The third-order valence-corrected chi connectivity index (χ3v) is 5.12. The molecule has 23 heavy (non-hydrogen) atoms. The Morgan fingerprint density at radius 1 is 1.43 bits per heavy atom. The van der Waals surface area contributed by atoms with Gasteiger partial charge >= 0.3 is 12.1 Å². The average molecular weight is 317 g/mol. The van der Waals surface area contributed by atoms with Crippen molar-refractivity contribution in [2.75, 3.05) is 30.4 Å². The minimum atomic E-state index is -0.346. The van der Waals surface area contributed by atoms with Crippen LogP contribution < -0.4 is 10.2 Å². The number of hydrogen-bond acceptors (Lipinski definition) is 3. The minimum absolute atomic E-state index is 0.133. The van der Waals surface area contributed by atoms with Crippen LogP contribution in [0.5, 0.6) is 0 Å². The van der Waals surface area contributed by atoms with Crippen LogP contribution in [-0.4, -0.2) is 43.3 Å². The summed E-state index contributed by atoms with van der Waals surface area (Å²) in [5.41, 5.74) is 1.65. The van der Waals surface area contributed by atoms with Crippen molar-refractivity contribution in [2.45, 2.75) is 32.7 Å². The second-order valence-corrected chi connectivity index (χ2v) is 6.69. The number of nitrogens with one attached hydrogen (secondary N) is 1. The highest BCUT2D eigenvalue weighted by Gasteiger charge is 2.45. The van der Waals surface area contributed by atoms with Crippen molar-refractivity contribution in [1.29, 1.82) is 0 Å². The van der Waals surface area contributed by atoms with E-state index >= 15 is 0 Å². The largest absolute Gasteiger partial charge is 0.447 e. The molecular formula is C17H23N3O3. The molecule has 1 saturated carbocycles. The molecule has 6 nitrogen and oxygen atoms in total. The molecule has 2 aliphatic rings. The monoisotopic (exact) mass is 317 g/mol. The summed E-state index contributed by atoms with van der Waals surface area (Å²) in [6.45, 7) is 5.23. The van der Waals surface area contributed by atoms with Gasteiger partial charge in [0.15, 0.2) is 0 Å². The Bertz CT molecular complexity index is 627. The number of anilines is 2. The number of rotatable bonds is 4. The zero-order chi connectivity index (χ0) is 16.6. The van der Waals surface area contributed by atoms with E-state index in [-0.39, 0.29) is 23.6 Å². The molecule has 6 heteroatoms. The normalized spacial score (nSPS) is 20.0. The molecule has 0 radical (unpaired) electrons. The van der Waals surface area contributed by atoms with Gasteiger partial charge in [0.05, 0.1) is 6.54 Å². The van der Waals surface area contributed by atoms with Crippen LogP contribution >= 0.6 is 0 Å². The van der Waals surface area contributed by atoms with Gasteiger partial charge in [0.25, 0.3) is 0 Å². The average Bonchev–Trinajstić information content (AvgIpc) is 3.14. The fourth-order valence-corrected chi connectivity index (χ4v) is 2.85. The Morgan fingerprint density at radius 3 is 2.78 bits per heavy atom. The molecule has 1 aromatic carbocycles. The van der Waals surface area contributed by atoms with Crippen molar-refractivity contribution in [3.8, 4) is 0 Å². The molecular weight excluding hydrogens is 294 g/mol. The molecule has 1 aromatic rings. The third kappa shape index (κ3) is 3.11. The molecule has 1 saturated heterocycles. The lowest BCUT2D eigenvalue weighted by atomic mass is 10.00. The van der Waals surface area contributed by atoms with Gasteiger partial charge in [0.2, 0.25) is 0 Å². The van der Waals surface area contributed by atoms with Gasteiger partial charge in [0, 0.05) is 24.5 Å². The Labute approximate surface area is 136 Å². The number of urea groups is 1. The lowest BCUT2D eigenvalue weighted by Crippen LogP contribution is -2.42. The summed E-state index contributed by atoms with van der Waals surface area (Å²) < 4.78 is 4.95. The van der Waals surface area contributed by atoms with Crippen LogP contribution in [0, 0.1) is 5.41 Å². The van der Waals surface area contributed by atoms with E-state index in [4.69, 9.17) is 4.74 Å². The number of hydrogen-bond donors (Lipinski definition) is 1. The van der Waals surface area contributed by atoms with Gasteiger partial charge in [-0.1, -0.05) is 13.0 Å². The number of ether oxygens (including phenoxy) is 1. The second-order valence-electron chi connectivity index (χ2n) is 6.69. The number of nitrogens with zero attached hydrogens (tertiary/aromatic N) is 2. The predicted molar refractivity (Wildman–Crippen MR) is 88.7 cm³/mol. The molecule has 3 rings (SSSR count). The Kier molecular flexibility index (Phi) is 3.92. The van der Waals surface area contributed by atoms with E-state index < -0.39 is 0 Å². The molecule has 2 fully saturated rings. The van der Waals surface area contributed by atoms with Crippen molar-refractivity contribution in [3.63, 3.8) is 0 Å². The molecule has 0 bridgehead atoms. The van der Waals surface area contributed by atoms with E-state index in [0.29, 0.717) is 18.8 Å². The van der Waals surface area contributed by atoms with Crippen LogP contribution in [0.3, 0.4) is 0 Å². The van der Waals surface area contributed by atoms with Gasteiger partial charge < -0.3 is 15.0 Å². The smallest absolute Gasteiger partial charge is 0.414 e. The van der Waals surface area contributed by atoms with Gasteiger partial charge in [-0.2, -0.15) is 0 Å². The third-order valence-electron chi connectivity index (χ3n) is 5.12. The van der Waals surface area contributed by atoms with Gasteiger partial charge in [-0.3, -0.25) is 4.90 Å². The summed E-state index contributed by atoms with van der Waals surface area (Å²) >= 11 is 0. The first-order chi connectivity index (χ1) is 10.9. The fourth-order valence-electron chi connectivity index (χ4n) is 2.85. The quantitative estimate of drug-likeness (QED) is 0.927. The lowest BCUT2D eigenvalue weighted by molar-refractivity contribution is 0.181. The molecule has 1 atom stereocenters. The zero-order valence-electron chi connectivity index (χ0n) is 13.8. The molecule has 124 valence electrons. The number of cyclic esters (lactones) is 1. The van der Waals surface area contributed by atoms with E-state index in [1.54, 1.807) is 15.9 Å². The van der Waals surface area contributed by atoms with Gasteiger partial charge in [-0.05, 0) is 43.4 Å². The van der Waals surface area contributed by atoms with E-state index in [1.165, 1.54) is 12.8 Å². The molecule has 3 amide bonds. The van der Waals surface area contributed by atoms with Crippen molar-refractivity contribution >= 4 is 23.5 Å². The van der Waals surface area contributed by atoms with Gasteiger partial charge in [-0.15, -0.1) is 0 Å². The maximum atomic E-state index is 12.4. The van der Waals surface area contributed by atoms with E-state index in [2.05, 4.69) is 19.2 Å². The summed E-state index contributed by atoms with van der Waals surface area (Å²) in [6.07, 6.45) is 1.98. The Hall–Kier alpha value is -2.24. The summed E-state index contributed by atoms with van der Waals surface area (Å²) in [7, 11) is 1.82. The minimum Gasteiger partial charge on any atom is -0.447 e. The number of carbonyl (C=O) groups is 2. The highest BCUT2D eigenvalue weighted by molar-refractivity contribution is 5.93. The molecule has 1 aliphatic carbocycles. The summed E-state index contributed by atoms with van der Waals surface area (Å²) in [6, 6.07) is 7.33. The van der Waals surface area contributed by atoms with Crippen LogP contribution in [0.25, 0.3) is 0 Å². The van der Waals surface area contributed by atoms with Gasteiger partial charge in [-0.25, -0.2) is 9.59 Å². The fraction of sp³-hybridized carbons (Fsp3) is 0.529.